The van der Waals surface area contributed by atoms with Gasteiger partial charge in [0.25, 0.3) is 0 Å². The van der Waals surface area contributed by atoms with Crippen LogP contribution in [0.25, 0.3) is 0 Å². The first-order valence-electron chi connectivity index (χ1n) is 6.77. The van der Waals surface area contributed by atoms with Crippen molar-refractivity contribution in [2.24, 2.45) is 17.8 Å². The lowest BCUT2D eigenvalue weighted by atomic mass is 9.96. The van der Waals surface area contributed by atoms with Gasteiger partial charge < -0.3 is 10.4 Å². The van der Waals surface area contributed by atoms with Gasteiger partial charge >= 0.3 is 0 Å². The first-order valence-corrected chi connectivity index (χ1v) is 6.77. The fourth-order valence-electron chi connectivity index (χ4n) is 1.97. The summed E-state index contributed by atoms with van der Waals surface area (Å²) in [5, 5.41) is 12.5. The molecule has 0 rings (SSSR count). The monoisotopic (exact) mass is 243 g/mol. The Morgan fingerprint density at radius 3 is 2.24 bits per heavy atom. The minimum Gasteiger partial charge on any atom is -0.393 e. The molecule has 2 atom stereocenters. The van der Waals surface area contributed by atoms with Crippen LogP contribution in [-0.4, -0.2) is 23.7 Å². The highest BCUT2D eigenvalue weighted by Gasteiger charge is 2.12. The second-order valence-electron chi connectivity index (χ2n) is 5.89. The highest BCUT2D eigenvalue weighted by atomic mass is 16.3. The van der Waals surface area contributed by atoms with Crippen molar-refractivity contribution in [1.29, 1.82) is 0 Å². The summed E-state index contributed by atoms with van der Waals surface area (Å²) in [5.74, 6) is 1.44. The fourth-order valence-corrected chi connectivity index (χ4v) is 1.97. The van der Waals surface area contributed by atoms with Gasteiger partial charge in [0.1, 0.15) is 0 Å². The molecule has 0 aliphatic rings. The third kappa shape index (κ3) is 9.16. The fraction of sp³-hybridized carbons (Fsp3) is 0.929. The van der Waals surface area contributed by atoms with Crippen molar-refractivity contribution in [2.75, 3.05) is 6.54 Å². The van der Waals surface area contributed by atoms with E-state index in [1.807, 2.05) is 13.8 Å². The molecule has 1 amide bonds. The van der Waals surface area contributed by atoms with Gasteiger partial charge in [-0.1, -0.05) is 34.6 Å². The van der Waals surface area contributed by atoms with Gasteiger partial charge in [-0.05, 0) is 30.6 Å². The summed E-state index contributed by atoms with van der Waals surface area (Å²) in [6.45, 7) is 11.0. The van der Waals surface area contributed by atoms with E-state index in [1.165, 1.54) is 0 Å². The highest BCUT2D eigenvalue weighted by molar-refractivity contribution is 5.76. The molecule has 0 aromatic rings. The van der Waals surface area contributed by atoms with Gasteiger partial charge in [-0.25, -0.2) is 0 Å². The third-order valence-electron chi connectivity index (χ3n) is 2.94. The van der Waals surface area contributed by atoms with Crippen LogP contribution in [0.2, 0.25) is 0 Å². The van der Waals surface area contributed by atoms with Crippen molar-refractivity contribution in [2.45, 2.75) is 60.0 Å². The number of carbonyl (C=O) groups excluding carboxylic acids is 1. The van der Waals surface area contributed by atoms with Crippen LogP contribution >= 0.6 is 0 Å². The minimum absolute atomic E-state index is 0.106. The Labute approximate surface area is 106 Å². The van der Waals surface area contributed by atoms with E-state index in [1.54, 1.807) is 0 Å². The van der Waals surface area contributed by atoms with E-state index in [-0.39, 0.29) is 17.9 Å². The van der Waals surface area contributed by atoms with Crippen LogP contribution in [-0.2, 0) is 4.79 Å². The molecule has 0 saturated heterocycles. The summed E-state index contributed by atoms with van der Waals surface area (Å²) in [7, 11) is 0. The first kappa shape index (κ1) is 16.4. The molecule has 102 valence electrons. The van der Waals surface area contributed by atoms with E-state index in [0.717, 1.165) is 6.42 Å². The molecular weight excluding hydrogens is 214 g/mol. The lowest BCUT2D eigenvalue weighted by Crippen LogP contribution is -2.29. The third-order valence-corrected chi connectivity index (χ3v) is 2.94. The molecule has 0 aromatic carbocycles. The summed E-state index contributed by atoms with van der Waals surface area (Å²) < 4.78 is 0. The summed E-state index contributed by atoms with van der Waals surface area (Å²) in [6, 6.07) is 0. The van der Waals surface area contributed by atoms with Gasteiger partial charge in [0.15, 0.2) is 0 Å². The normalized spacial score (nSPS) is 15.1. The van der Waals surface area contributed by atoms with E-state index >= 15 is 0 Å². The Bertz CT molecular complexity index is 214. The Morgan fingerprint density at radius 2 is 1.76 bits per heavy atom. The second kappa shape index (κ2) is 8.51. The molecule has 17 heavy (non-hydrogen) atoms. The van der Waals surface area contributed by atoms with Gasteiger partial charge in [-0.2, -0.15) is 0 Å². The maximum Gasteiger partial charge on any atom is 0.220 e. The molecule has 0 spiro atoms. The second-order valence-corrected chi connectivity index (χ2v) is 5.89. The van der Waals surface area contributed by atoms with Crippen LogP contribution < -0.4 is 5.32 Å². The maximum absolute atomic E-state index is 11.6. The summed E-state index contributed by atoms with van der Waals surface area (Å²) in [5.41, 5.74) is 0. The van der Waals surface area contributed by atoms with Crippen LogP contribution in [0.5, 0.6) is 0 Å². The highest BCUT2D eigenvalue weighted by Crippen LogP contribution is 2.14. The van der Waals surface area contributed by atoms with Gasteiger partial charge in [-0.3, -0.25) is 4.79 Å². The summed E-state index contributed by atoms with van der Waals surface area (Å²) >= 11 is 0. The number of aliphatic hydroxyl groups is 1. The number of hydrogen-bond donors (Lipinski definition) is 2. The van der Waals surface area contributed by atoms with Gasteiger partial charge in [0.05, 0.1) is 6.10 Å². The zero-order valence-electron chi connectivity index (χ0n) is 12.0. The first-order chi connectivity index (χ1) is 7.82. The maximum atomic E-state index is 11.6. The number of amides is 1. The van der Waals surface area contributed by atoms with E-state index in [0.29, 0.717) is 31.2 Å². The van der Waals surface area contributed by atoms with Crippen LogP contribution in [0.15, 0.2) is 0 Å². The van der Waals surface area contributed by atoms with E-state index < -0.39 is 0 Å². The van der Waals surface area contributed by atoms with Crippen molar-refractivity contribution < 1.29 is 9.90 Å². The SMILES string of the molecule is CC(C)CC(C)CC(=O)NCCC(O)C(C)C. The van der Waals surface area contributed by atoms with Crippen molar-refractivity contribution in [1.82, 2.24) is 5.32 Å². The summed E-state index contributed by atoms with van der Waals surface area (Å²) in [4.78, 5) is 11.6. The minimum atomic E-state index is -0.316. The van der Waals surface area contributed by atoms with Crippen molar-refractivity contribution in [3.05, 3.63) is 0 Å². The lowest BCUT2D eigenvalue weighted by molar-refractivity contribution is -0.122. The number of rotatable bonds is 8. The Morgan fingerprint density at radius 1 is 1.18 bits per heavy atom. The number of nitrogens with one attached hydrogen (secondary N) is 1. The average molecular weight is 243 g/mol. The standard InChI is InChI=1S/C14H29NO2/c1-10(2)8-12(5)9-14(17)15-7-6-13(16)11(3)4/h10-13,16H,6-9H2,1-5H3,(H,15,17). The van der Waals surface area contributed by atoms with E-state index in [9.17, 15) is 9.90 Å². The number of hydrogen-bond acceptors (Lipinski definition) is 2. The smallest absolute Gasteiger partial charge is 0.220 e. The molecule has 0 bridgehead atoms. The largest absolute Gasteiger partial charge is 0.393 e. The predicted molar refractivity (Wildman–Crippen MR) is 71.7 cm³/mol. The lowest BCUT2D eigenvalue weighted by Gasteiger charge is -2.16. The molecule has 0 radical (unpaired) electrons. The van der Waals surface area contributed by atoms with Crippen molar-refractivity contribution in [3.8, 4) is 0 Å². The topological polar surface area (TPSA) is 49.3 Å². The van der Waals surface area contributed by atoms with Gasteiger partial charge in [0.2, 0.25) is 5.91 Å². The molecule has 0 aliphatic heterocycles. The van der Waals surface area contributed by atoms with Crippen LogP contribution in [0, 0.1) is 17.8 Å². The Kier molecular flexibility index (Phi) is 8.23. The molecule has 3 nitrogen and oxygen atoms in total. The Balaban J connectivity index is 3.66. The zero-order valence-corrected chi connectivity index (χ0v) is 12.0. The molecule has 2 unspecified atom stereocenters. The number of aliphatic hydroxyl groups excluding tert-OH is 1. The molecule has 0 fully saturated rings. The molecule has 0 aliphatic carbocycles. The van der Waals surface area contributed by atoms with Gasteiger partial charge in [0, 0.05) is 13.0 Å². The predicted octanol–water partition coefficient (Wildman–Crippen LogP) is 2.58. The molecule has 0 aromatic heterocycles. The average Bonchev–Trinajstić information content (AvgIpc) is 2.15. The zero-order chi connectivity index (χ0) is 13.4. The summed E-state index contributed by atoms with van der Waals surface area (Å²) in [6.07, 6.45) is 2.00. The molecular formula is C14H29NO2. The van der Waals surface area contributed by atoms with Crippen LogP contribution in [0.1, 0.15) is 53.9 Å². The van der Waals surface area contributed by atoms with Crippen LogP contribution in [0.4, 0.5) is 0 Å². The molecule has 2 N–H and O–H groups in total. The van der Waals surface area contributed by atoms with E-state index in [2.05, 4.69) is 26.1 Å². The van der Waals surface area contributed by atoms with Crippen molar-refractivity contribution >= 4 is 5.91 Å². The van der Waals surface area contributed by atoms with Crippen LogP contribution in [0.3, 0.4) is 0 Å². The number of carbonyl (C=O) groups is 1. The van der Waals surface area contributed by atoms with E-state index in [4.69, 9.17) is 0 Å². The molecule has 0 heterocycles. The Hall–Kier alpha value is -0.570. The quantitative estimate of drug-likeness (QED) is 0.688. The molecule has 0 saturated carbocycles. The van der Waals surface area contributed by atoms with Gasteiger partial charge in [-0.15, -0.1) is 0 Å². The molecule has 3 heteroatoms. The van der Waals surface area contributed by atoms with Crippen molar-refractivity contribution in [3.63, 3.8) is 0 Å².